The minimum absolute atomic E-state index is 0.0300. The van der Waals surface area contributed by atoms with E-state index >= 15 is 0 Å². The van der Waals surface area contributed by atoms with Crippen molar-refractivity contribution in [2.75, 3.05) is 31.3 Å². The molecule has 1 unspecified atom stereocenters. The molecule has 0 radical (unpaired) electrons. The molecule has 118 valence electrons. The van der Waals surface area contributed by atoms with E-state index in [0.29, 0.717) is 5.88 Å². The first-order valence-corrected chi connectivity index (χ1v) is 8.02. The highest BCUT2D eigenvalue weighted by molar-refractivity contribution is 6.18. The Labute approximate surface area is 137 Å². The van der Waals surface area contributed by atoms with Gasteiger partial charge in [-0.25, -0.2) is 0 Å². The molecule has 2 rings (SSSR count). The van der Waals surface area contributed by atoms with Gasteiger partial charge in [0.1, 0.15) is 0 Å². The van der Waals surface area contributed by atoms with E-state index in [-0.39, 0.29) is 12.6 Å². The van der Waals surface area contributed by atoms with Crippen LogP contribution in [-0.2, 0) is 6.61 Å². The molecular formula is C18H23ClN2O. The van der Waals surface area contributed by atoms with Crippen LogP contribution in [0.2, 0.25) is 0 Å². The first-order valence-electron chi connectivity index (χ1n) is 7.49. The summed E-state index contributed by atoms with van der Waals surface area (Å²) < 4.78 is 0. The summed E-state index contributed by atoms with van der Waals surface area (Å²) in [5, 5.41) is 13.1. The van der Waals surface area contributed by atoms with Crippen molar-refractivity contribution in [2.24, 2.45) is 0 Å². The van der Waals surface area contributed by atoms with Crippen LogP contribution in [0.4, 0.5) is 5.69 Å². The van der Waals surface area contributed by atoms with Crippen LogP contribution in [0.1, 0.15) is 17.2 Å². The Bertz CT molecular complexity index is 562. The Kier molecular flexibility index (Phi) is 6.72. The molecule has 0 saturated carbocycles. The number of alkyl halides is 1. The topological polar surface area (TPSA) is 35.5 Å². The zero-order chi connectivity index (χ0) is 15.8. The Morgan fingerprint density at radius 2 is 1.77 bits per heavy atom. The maximum Gasteiger partial charge on any atom is 0.0701 e. The summed E-state index contributed by atoms with van der Waals surface area (Å²) in [5.41, 5.74) is 3.10. The fourth-order valence-electron chi connectivity index (χ4n) is 2.45. The minimum Gasteiger partial charge on any atom is -0.392 e. The molecule has 0 aliphatic carbocycles. The molecule has 0 aliphatic rings. The second-order valence-electron chi connectivity index (χ2n) is 5.37. The van der Waals surface area contributed by atoms with Crippen LogP contribution in [0, 0.1) is 0 Å². The highest BCUT2D eigenvalue weighted by Crippen LogP contribution is 2.23. The molecule has 0 bridgehead atoms. The van der Waals surface area contributed by atoms with Crippen molar-refractivity contribution >= 4 is 17.3 Å². The Hall–Kier alpha value is -1.55. The number of benzene rings is 2. The van der Waals surface area contributed by atoms with E-state index in [1.807, 2.05) is 42.5 Å². The maximum absolute atomic E-state index is 9.50. The molecule has 0 fully saturated rings. The summed E-state index contributed by atoms with van der Waals surface area (Å²) in [4.78, 5) is 2.21. The lowest BCUT2D eigenvalue weighted by atomic mass is 10.0. The second-order valence-corrected chi connectivity index (χ2v) is 5.75. The molecule has 0 heterocycles. The van der Waals surface area contributed by atoms with Crippen LogP contribution >= 0.6 is 11.6 Å². The number of aliphatic hydroxyl groups excluding tert-OH is 1. The van der Waals surface area contributed by atoms with E-state index in [0.717, 1.165) is 24.3 Å². The highest BCUT2D eigenvalue weighted by Gasteiger charge is 2.15. The van der Waals surface area contributed by atoms with Crippen molar-refractivity contribution in [3.05, 3.63) is 65.7 Å². The van der Waals surface area contributed by atoms with Gasteiger partial charge in [-0.3, -0.25) is 0 Å². The van der Waals surface area contributed by atoms with Gasteiger partial charge in [0.2, 0.25) is 0 Å². The monoisotopic (exact) mass is 318 g/mol. The molecule has 0 saturated heterocycles. The lowest BCUT2D eigenvalue weighted by Crippen LogP contribution is -2.30. The van der Waals surface area contributed by atoms with Gasteiger partial charge in [0, 0.05) is 30.2 Å². The number of rotatable bonds is 8. The van der Waals surface area contributed by atoms with Gasteiger partial charge >= 0.3 is 0 Å². The molecule has 2 aromatic carbocycles. The third-order valence-electron chi connectivity index (χ3n) is 3.68. The van der Waals surface area contributed by atoms with Crippen LogP contribution in [-0.4, -0.2) is 36.0 Å². The molecule has 3 nitrogen and oxygen atoms in total. The summed E-state index contributed by atoms with van der Waals surface area (Å²) in [5.74, 6) is 0.616. The van der Waals surface area contributed by atoms with Crippen molar-refractivity contribution in [3.8, 4) is 0 Å². The zero-order valence-electron chi connectivity index (χ0n) is 12.9. The molecule has 4 heteroatoms. The minimum atomic E-state index is 0.0300. The normalized spacial score (nSPS) is 12.4. The van der Waals surface area contributed by atoms with Gasteiger partial charge in [0.25, 0.3) is 0 Å². The lowest BCUT2D eigenvalue weighted by Gasteiger charge is -2.26. The van der Waals surface area contributed by atoms with Crippen molar-refractivity contribution in [2.45, 2.75) is 12.6 Å². The quantitative estimate of drug-likeness (QED) is 0.731. The number of likely N-dealkylation sites (N-methyl/N-ethyl adjacent to an activating group) is 1. The SMILES string of the molecule is CN(CCCl)CC(Nc1ccccc1CO)c1ccccc1. The van der Waals surface area contributed by atoms with Crippen LogP contribution in [0.15, 0.2) is 54.6 Å². The summed E-state index contributed by atoms with van der Waals surface area (Å²) in [6.07, 6.45) is 0. The number of anilines is 1. The van der Waals surface area contributed by atoms with Crippen molar-refractivity contribution in [1.82, 2.24) is 4.90 Å². The summed E-state index contributed by atoms with van der Waals surface area (Å²) >= 11 is 5.84. The molecule has 2 N–H and O–H groups in total. The third-order valence-corrected chi connectivity index (χ3v) is 3.85. The van der Waals surface area contributed by atoms with E-state index in [1.54, 1.807) is 0 Å². The molecule has 0 amide bonds. The fraction of sp³-hybridized carbons (Fsp3) is 0.333. The number of hydrogen-bond donors (Lipinski definition) is 2. The summed E-state index contributed by atoms with van der Waals surface area (Å²) in [7, 11) is 2.07. The number of halogens is 1. The first-order chi connectivity index (χ1) is 10.7. The molecule has 22 heavy (non-hydrogen) atoms. The zero-order valence-corrected chi connectivity index (χ0v) is 13.6. The largest absolute Gasteiger partial charge is 0.392 e. The van der Waals surface area contributed by atoms with Gasteiger partial charge < -0.3 is 15.3 Å². The third kappa shape index (κ3) is 4.73. The van der Waals surface area contributed by atoms with E-state index in [4.69, 9.17) is 11.6 Å². The maximum atomic E-state index is 9.50. The summed E-state index contributed by atoms with van der Waals surface area (Å²) in [6.45, 7) is 1.72. The van der Waals surface area contributed by atoms with Crippen LogP contribution in [0.25, 0.3) is 0 Å². The van der Waals surface area contributed by atoms with E-state index in [1.165, 1.54) is 5.56 Å². The second kappa shape index (κ2) is 8.79. The van der Waals surface area contributed by atoms with Crippen molar-refractivity contribution in [3.63, 3.8) is 0 Å². The van der Waals surface area contributed by atoms with Crippen molar-refractivity contribution in [1.29, 1.82) is 0 Å². The highest BCUT2D eigenvalue weighted by atomic mass is 35.5. The fourth-order valence-corrected chi connectivity index (χ4v) is 2.74. The Morgan fingerprint density at radius 3 is 2.45 bits per heavy atom. The number of hydrogen-bond acceptors (Lipinski definition) is 3. The van der Waals surface area contributed by atoms with Gasteiger partial charge in [-0.1, -0.05) is 48.5 Å². The van der Waals surface area contributed by atoms with Gasteiger partial charge in [-0.15, -0.1) is 11.6 Å². The van der Waals surface area contributed by atoms with Crippen LogP contribution in [0.3, 0.4) is 0 Å². The van der Waals surface area contributed by atoms with E-state index in [9.17, 15) is 5.11 Å². The average Bonchev–Trinajstić information content (AvgIpc) is 2.56. The molecule has 0 aromatic heterocycles. The number of aliphatic hydroxyl groups is 1. The molecule has 1 atom stereocenters. The Morgan fingerprint density at radius 1 is 1.09 bits per heavy atom. The molecular weight excluding hydrogens is 296 g/mol. The predicted octanol–water partition coefficient (Wildman–Crippen LogP) is 3.50. The van der Waals surface area contributed by atoms with Gasteiger partial charge in [-0.2, -0.15) is 0 Å². The van der Waals surface area contributed by atoms with Crippen LogP contribution in [0.5, 0.6) is 0 Å². The van der Waals surface area contributed by atoms with E-state index < -0.39 is 0 Å². The summed E-state index contributed by atoms with van der Waals surface area (Å²) in [6, 6.07) is 18.3. The van der Waals surface area contributed by atoms with Gasteiger partial charge in [-0.05, 0) is 18.7 Å². The number of nitrogens with zero attached hydrogens (tertiary/aromatic N) is 1. The van der Waals surface area contributed by atoms with Crippen molar-refractivity contribution < 1.29 is 5.11 Å². The molecule has 0 aliphatic heterocycles. The van der Waals surface area contributed by atoms with Crippen LogP contribution < -0.4 is 5.32 Å². The number of para-hydroxylation sites is 1. The van der Waals surface area contributed by atoms with E-state index in [2.05, 4.69) is 29.4 Å². The first kappa shape index (κ1) is 16.8. The average molecular weight is 319 g/mol. The standard InChI is InChI=1S/C18H23ClN2O/c1-21(12-11-19)13-18(15-7-3-2-4-8-15)20-17-10-6-5-9-16(17)14-22/h2-10,18,20,22H,11-14H2,1H3. The van der Waals surface area contributed by atoms with Gasteiger partial charge in [0.15, 0.2) is 0 Å². The molecule has 0 spiro atoms. The number of nitrogens with one attached hydrogen (secondary N) is 1. The lowest BCUT2D eigenvalue weighted by molar-refractivity contribution is 0.282. The van der Waals surface area contributed by atoms with Gasteiger partial charge in [0.05, 0.1) is 12.6 Å². The predicted molar refractivity (Wildman–Crippen MR) is 93.4 cm³/mol. The molecule has 2 aromatic rings. The Balaban J connectivity index is 2.20. The smallest absolute Gasteiger partial charge is 0.0701 e.